The van der Waals surface area contributed by atoms with E-state index < -0.39 is 87.3 Å². The van der Waals surface area contributed by atoms with Crippen molar-refractivity contribution < 1.29 is 44.7 Å². The van der Waals surface area contributed by atoms with Gasteiger partial charge in [0.15, 0.2) is 11.4 Å². The number of likely N-dealkylation sites (N-methyl/N-ethyl adjacent to an activating group) is 1. The lowest BCUT2D eigenvalue weighted by atomic mass is 9.54. The molecule has 0 bridgehead atoms. The zero-order chi connectivity index (χ0) is 34.7. The molecule has 256 valence electrons. The number of hydrogen-bond acceptors (Lipinski definition) is 12. The standard InChI is InChI=1S/C33H45N5O9/c1-15-16-9-10-17(36-18(39)13-35-32(2,3)4)25(40)20(16)26(41)21-19(15)27(42)23-24(37(5)6)28(43)22(30(45)33(23,47)29(21)44)31(46)34-14-38-11-7-8-12-38/h9-10,15,19,23-24,27,35,40-42,45,47H,7-8,11-14H2,1-6H3,(H,34,46)(H,36,39)/t15?,19?,23?,24-,27?,33-/m0/s1. The summed E-state index contributed by atoms with van der Waals surface area (Å²) < 4.78 is 0. The average molecular weight is 656 g/mol. The van der Waals surface area contributed by atoms with Gasteiger partial charge in [0.25, 0.3) is 5.91 Å². The third-order valence-electron chi connectivity index (χ3n) is 9.83. The van der Waals surface area contributed by atoms with Crippen LogP contribution in [-0.4, -0.2) is 122 Å². The second-order valence-corrected chi connectivity index (χ2v) is 14.3. The quantitative estimate of drug-likeness (QED) is 0.149. The molecule has 2 amide bonds. The Morgan fingerprint density at radius 1 is 1.09 bits per heavy atom. The average Bonchev–Trinajstić information content (AvgIpc) is 3.51. The van der Waals surface area contributed by atoms with E-state index in [1.807, 2.05) is 25.7 Å². The third kappa shape index (κ3) is 5.71. The van der Waals surface area contributed by atoms with Crippen molar-refractivity contribution >= 4 is 34.8 Å². The number of fused-ring (bicyclic) bond motifs is 3. The zero-order valence-corrected chi connectivity index (χ0v) is 27.5. The normalized spacial score (nSPS) is 29.5. The van der Waals surface area contributed by atoms with Gasteiger partial charge in [0.1, 0.15) is 22.8 Å². The number of phenols is 1. The molecule has 47 heavy (non-hydrogen) atoms. The number of nitrogens with one attached hydrogen (secondary N) is 3. The van der Waals surface area contributed by atoms with Crippen LogP contribution in [0, 0.1) is 11.8 Å². The van der Waals surface area contributed by atoms with Gasteiger partial charge in [0.2, 0.25) is 11.7 Å². The summed E-state index contributed by atoms with van der Waals surface area (Å²) >= 11 is 0. The minimum atomic E-state index is -2.97. The van der Waals surface area contributed by atoms with Gasteiger partial charge in [-0.1, -0.05) is 13.0 Å². The fourth-order valence-electron chi connectivity index (χ4n) is 7.45. The number of anilines is 1. The number of hydrogen-bond donors (Lipinski definition) is 8. The van der Waals surface area contributed by atoms with Gasteiger partial charge in [-0.2, -0.15) is 0 Å². The number of aliphatic hydroxyl groups excluding tert-OH is 3. The lowest BCUT2D eigenvalue weighted by Crippen LogP contribution is -2.70. The Morgan fingerprint density at radius 2 is 1.72 bits per heavy atom. The fourth-order valence-corrected chi connectivity index (χ4v) is 7.45. The topological polar surface area (TPSA) is 212 Å². The number of carbonyl (C=O) groups is 4. The molecule has 0 radical (unpaired) electrons. The van der Waals surface area contributed by atoms with Crippen LogP contribution in [-0.2, 0) is 19.2 Å². The number of benzene rings is 1. The third-order valence-corrected chi connectivity index (χ3v) is 9.83. The Kier molecular flexibility index (Phi) is 9.05. The van der Waals surface area contributed by atoms with Gasteiger partial charge in [0, 0.05) is 17.0 Å². The highest BCUT2D eigenvalue weighted by Gasteiger charge is 2.68. The first-order valence-corrected chi connectivity index (χ1v) is 15.9. The monoisotopic (exact) mass is 655 g/mol. The smallest absolute Gasteiger partial charge is 0.259 e. The molecule has 2 fully saturated rings. The summed E-state index contributed by atoms with van der Waals surface area (Å²) in [5.74, 6) is -9.55. The molecule has 14 heteroatoms. The summed E-state index contributed by atoms with van der Waals surface area (Å²) in [5.41, 5.74) is -4.48. The number of aromatic hydroxyl groups is 1. The number of likely N-dealkylation sites (tertiary alicyclic amines) is 1. The van der Waals surface area contributed by atoms with E-state index in [4.69, 9.17) is 0 Å². The molecule has 5 rings (SSSR count). The van der Waals surface area contributed by atoms with Gasteiger partial charge < -0.3 is 41.5 Å². The second-order valence-electron chi connectivity index (χ2n) is 14.3. The minimum absolute atomic E-state index is 0.0432. The number of phenolic OH excluding ortho intramolecular Hbond substituents is 1. The van der Waals surface area contributed by atoms with Crippen molar-refractivity contribution in [3.8, 4) is 5.75 Å². The number of Topliss-reactive ketones (excluding diaryl/α,β-unsaturated/α-hetero) is 2. The van der Waals surface area contributed by atoms with Gasteiger partial charge in [0.05, 0.1) is 42.5 Å². The van der Waals surface area contributed by atoms with Crippen LogP contribution in [0.1, 0.15) is 57.6 Å². The van der Waals surface area contributed by atoms with Crippen LogP contribution in [0.25, 0.3) is 5.76 Å². The lowest BCUT2D eigenvalue weighted by molar-refractivity contribution is -0.169. The molecule has 1 aromatic rings. The van der Waals surface area contributed by atoms with E-state index in [0.29, 0.717) is 5.56 Å². The van der Waals surface area contributed by atoms with Crippen molar-refractivity contribution in [3.05, 3.63) is 40.2 Å². The van der Waals surface area contributed by atoms with Crippen LogP contribution in [0.15, 0.2) is 29.0 Å². The molecule has 1 heterocycles. The van der Waals surface area contributed by atoms with E-state index >= 15 is 0 Å². The van der Waals surface area contributed by atoms with Gasteiger partial charge in [-0.25, -0.2) is 0 Å². The minimum Gasteiger partial charge on any atom is -0.508 e. The van der Waals surface area contributed by atoms with E-state index in [1.54, 1.807) is 13.0 Å². The van der Waals surface area contributed by atoms with Crippen molar-refractivity contribution in [3.63, 3.8) is 0 Å². The van der Waals surface area contributed by atoms with Crippen molar-refractivity contribution in [1.29, 1.82) is 0 Å². The van der Waals surface area contributed by atoms with E-state index in [-0.39, 0.29) is 30.0 Å². The van der Waals surface area contributed by atoms with Gasteiger partial charge >= 0.3 is 0 Å². The molecule has 8 N–H and O–H groups in total. The summed E-state index contributed by atoms with van der Waals surface area (Å²) in [6.45, 7) is 8.78. The Labute approximate surface area is 273 Å². The first-order valence-electron chi connectivity index (χ1n) is 15.9. The first kappa shape index (κ1) is 34.5. The molecular weight excluding hydrogens is 610 g/mol. The van der Waals surface area contributed by atoms with Gasteiger partial charge in [-0.3, -0.25) is 29.0 Å². The summed E-state index contributed by atoms with van der Waals surface area (Å²) in [6.07, 6.45) is 0.215. The predicted molar refractivity (Wildman–Crippen MR) is 171 cm³/mol. The summed E-state index contributed by atoms with van der Waals surface area (Å²) in [6, 6.07) is 1.60. The molecule has 1 aromatic carbocycles. The molecule has 0 aromatic heterocycles. The van der Waals surface area contributed by atoms with Crippen molar-refractivity contribution in [2.75, 3.05) is 45.7 Å². The van der Waals surface area contributed by atoms with Crippen LogP contribution in [0.3, 0.4) is 0 Å². The van der Waals surface area contributed by atoms with Gasteiger partial charge in [-0.15, -0.1) is 0 Å². The van der Waals surface area contributed by atoms with Crippen LogP contribution in [0.5, 0.6) is 5.75 Å². The predicted octanol–water partition coefficient (Wildman–Crippen LogP) is 0.507. The molecule has 0 spiro atoms. The summed E-state index contributed by atoms with van der Waals surface area (Å²) in [7, 11) is 2.99. The fraction of sp³-hybridized carbons (Fsp3) is 0.576. The van der Waals surface area contributed by atoms with Crippen molar-refractivity contribution in [2.45, 2.75) is 69.7 Å². The largest absolute Gasteiger partial charge is 0.508 e. The number of amides is 2. The maximum absolute atomic E-state index is 14.4. The molecule has 6 atom stereocenters. The zero-order valence-electron chi connectivity index (χ0n) is 27.5. The molecular formula is C33H45N5O9. The highest BCUT2D eigenvalue weighted by atomic mass is 16.4. The van der Waals surface area contributed by atoms with E-state index in [1.165, 1.54) is 25.1 Å². The lowest BCUT2D eigenvalue weighted by Gasteiger charge is -2.53. The van der Waals surface area contributed by atoms with E-state index in [2.05, 4.69) is 16.0 Å². The Morgan fingerprint density at radius 3 is 2.32 bits per heavy atom. The first-order chi connectivity index (χ1) is 21.9. The highest BCUT2D eigenvalue weighted by Crippen LogP contribution is 2.56. The molecule has 14 nitrogen and oxygen atoms in total. The Bertz CT molecular complexity index is 1570. The maximum Gasteiger partial charge on any atom is 0.259 e. The SMILES string of the molecule is CC1c2ccc(NC(=O)CNC(C)(C)C)c(O)c2C(O)=C2C(=O)[C@]3(O)C(O)=C(C(=O)NCN4CCCC4)C(=O)[C@@H](N(C)C)C3C(O)C21. The molecule has 3 aliphatic carbocycles. The Hall–Kier alpha value is -3.82. The highest BCUT2D eigenvalue weighted by molar-refractivity contribution is 6.25. The molecule has 1 saturated carbocycles. The Balaban J connectivity index is 1.59. The van der Waals surface area contributed by atoms with Crippen LogP contribution in [0.4, 0.5) is 5.69 Å². The van der Waals surface area contributed by atoms with Crippen molar-refractivity contribution in [2.24, 2.45) is 11.8 Å². The van der Waals surface area contributed by atoms with Crippen LogP contribution >= 0.6 is 0 Å². The van der Waals surface area contributed by atoms with E-state index in [9.17, 15) is 44.7 Å². The molecule has 4 unspecified atom stereocenters. The summed E-state index contributed by atoms with van der Waals surface area (Å²) in [4.78, 5) is 57.5. The molecule has 4 aliphatic rings. The number of nitrogens with zero attached hydrogens (tertiary/aromatic N) is 2. The van der Waals surface area contributed by atoms with Gasteiger partial charge in [-0.05, 0) is 78.3 Å². The van der Waals surface area contributed by atoms with Crippen molar-refractivity contribution in [1.82, 2.24) is 20.4 Å². The molecule has 1 aliphatic heterocycles. The molecule has 1 saturated heterocycles. The summed E-state index contributed by atoms with van der Waals surface area (Å²) in [5, 5.41) is 66.6. The number of aliphatic hydroxyl groups is 4. The van der Waals surface area contributed by atoms with Crippen LogP contribution in [0.2, 0.25) is 0 Å². The second kappa shape index (κ2) is 12.3. The number of rotatable bonds is 7. The van der Waals surface area contributed by atoms with Crippen LogP contribution < -0.4 is 16.0 Å². The number of carbonyl (C=O) groups excluding carboxylic acids is 4. The number of ketones is 2. The van der Waals surface area contributed by atoms with E-state index in [0.717, 1.165) is 25.9 Å². The maximum atomic E-state index is 14.4.